The molecule has 2 heteroatoms. The fourth-order valence-corrected chi connectivity index (χ4v) is 2.23. The van der Waals surface area contributed by atoms with Crippen LogP contribution < -0.4 is 5.43 Å². The van der Waals surface area contributed by atoms with Crippen LogP contribution >= 0.6 is 0 Å². The molecule has 0 saturated carbocycles. The Bertz CT molecular complexity index is 802. The van der Waals surface area contributed by atoms with E-state index in [-0.39, 0.29) is 11.2 Å². The SMILES string of the molecule is O=c1cc(-c2cccc3ccccc23)cccc1O. The first kappa shape index (κ1) is 11.5. The Morgan fingerprint density at radius 1 is 0.789 bits per heavy atom. The highest BCUT2D eigenvalue weighted by Crippen LogP contribution is 2.27. The zero-order valence-electron chi connectivity index (χ0n) is 10.2. The molecule has 3 aromatic carbocycles. The van der Waals surface area contributed by atoms with Gasteiger partial charge in [0.15, 0.2) is 5.75 Å². The van der Waals surface area contributed by atoms with E-state index < -0.39 is 0 Å². The van der Waals surface area contributed by atoms with Crippen LogP contribution in [0.3, 0.4) is 0 Å². The third kappa shape index (κ3) is 2.08. The van der Waals surface area contributed by atoms with Crippen LogP contribution in [0.2, 0.25) is 0 Å². The van der Waals surface area contributed by atoms with Crippen molar-refractivity contribution in [2.45, 2.75) is 0 Å². The van der Waals surface area contributed by atoms with Crippen molar-refractivity contribution in [1.82, 2.24) is 0 Å². The summed E-state index contributed by atoms with van der Waals surface area (Å²) < 4.78 is 0. The van der Waals surface area contributed by atoms with Gasteiger partial charge < -0.3 is 5.11 Å². The van der Waals surface area contributed by atoms with E-state index in [4.69, 9.17) is 0 Å². The van der Waals surface area contributed by atoms with Crippen molar-refractivity contribution in [2.24, 2.45) is 0 Å². The molecule has 0 fully saturated rings. The van der Waals surface area contributed by atoms with Crippen LogP contribution in [-0.4, -0.2) is 5.11 Å². The number of hydrogen-bond acceptors (Lipinski definition) is 2. The van der Waals surface area contributed by atoms with E-state index in [9.17, 15) is 9.90 Å². The molecule has 0 radical (unpaired) electrons. The van der Waals surface area contributed by atoms with Crippen molar-refractivity contribution < 1.29 is 5.11 Å². The molecule has 0 bridgehead atoms. The Kier molecular flexibility index (Phi) is 2.76. The average molecular weight is 248 g/mol. The molecule has 19 heavy (non-hydrogen) atoms. The molecule has 3 aromatic rings. The summed E-state index contributed by atoms with van der Waals surface area (Å²) in [6.07, 6.45) is 0. The van der Waals surface area contributed by atoms with Crippen molar-refractivity contribution in [3.63, 3.8) is 0 Å². The van der Waals surface area contributed by atoms with Crippen molar-refractivity contribution in [3.8, 4) is 16.9 Å². The molecule has 0 amide bonds. The van der Waals surface area contributed by atoms with Crippen molar-refractivity contribution >= 4 is 10.8 Å². The molecule has 0 aliphatic rings. The molecule has 0 spiro atoms. The summed E-state index contributed by atoms with van der Waals surface area (Å²) in [5.74, 6) is -0.230. The van der Waals surface area contributed by atoms with Gasteiger partial charge in [-0.3, -0.25) is 4.79 Å². The molecule has 0 heterocycles. The molecule has 92 valence electrons. The summed E-state index contributed by atoms with van der Waals surface area (Å²) in [5, 5.41) is 11.7. The lowest BCUT2D eigenvalue weighted by Gasteiger charge is -2.04. The summed E-state index contributed by atoms with van der Waals surface area (Å²) in [4.78, 5) is 11.7. The van der Waals surface area contributed by atoms with Crippen LogP contribution in [0.5, 0.6) is 5.75 Å². The zero-order chi connectivity index (χ0) is 13.2. The predicted octanol–water partition coefficient (Wildman–Crippen LogP) is 3.57. The van der Waals surface area contributed by atoms with E-state index in [2.05, 4.69) is 0 Å². The second kappa shape index (κ2) is 4.58. The van der Waals surface area contributed by atoms with Gasteiger partial charge in [0.2, 0.25) is 5.43 Å². The second-order valence-corrected chi connectivity index (χ2v) is 4.40. The Morgan fingerprint density at radius 3 is 2.42 bits per heavy atom. The molecule has 0 aliphatic heterocycles. The van der Waals surface area contributed by atoms with Crippen molar-refractivity contribution in [1.29, 1.82) is 0 Å². The maximum atomic E-state index is 11.7. The Morgan fingerprint density at radius 2 is 1.53 bits per heavy atom. The van der Waals surface area contributed by atoms with Gasteiger partial charge in [-0.2, -0.15) is 0 Å². The first-order valence-corrected chi connectivity index (χ1v) is 6.07. The van der Waals surface area contributed by atoms with Crippen LogP contribution in [0, 0.1) is 0 Å². The maximum Gasteiger partial charge on any atom is 0.220 e. The third-order valence-electron chi connectivity index (χ3n) is 3.17. The van der Waals surface area contributed by atoms with Gasteiger partial charge in [0.1, 0.15) is 0 Å². The first-order chi connectivity index (χ1) is 9.25. The molecule has 0 atom stereocenters. The highest BCUT2D eigenvalue weighted by atomic mass is 16.3. The van der Waals surface area contributed by atoms with Gasteiger partial charge in [-0.1, -0.05) is 54.6 Å². The van der Waals surface area contributed by atoms with E-state index >= 15 is 0 Å². The summed E-state index contributed by atoms with van der Waals surface area (Å²) in [6.45, 7) is 0. The number of fused-ring (bicyclic) bond motifs is 1. The molecule has 1 N–H and O–H groups in total. The van der Waals surface area contributed by atoms with Crippen LogP contribution in [0.4, 0.5) is 0 Å². The summed E-state index contributed by atoms with van der Waals surface area (Å²) >= 11 is 0. The summed E-state index contributed by atoms with van der Waals surface area (Å²) in [6, 6.07) is 20.4. The molecule has 0 aromatic heterocycles. The van der Waals surface area contributed by atoms with E-state index in [0.29, 0.717) is 0 Å². The van der Waals surface area contributed by atoms with E-state index in [0.717, 1.165) is 21.9 Å². The lowest BCUT2D eigenvalue weighted by atomic mass is 9.99. The number of hydrogen-bond donors (Lipinski definition) is 1. The van der Waals surface area contributed by atoms with Gasteiger partial charge in [0.05, 0.1) is 0 Å². The standard InChI is InChI=1S/C17H12O2/c18-16-10-4-7-13(11-17(16)19)15-9-3-6-12-5-1-2-8-14(12)15/h1-11H,(H,18,19). The lowest BCUT2D eigenvalue weighted by Crippen LogP contribution is -1.93. The monoisotopic (exact) mass is 248 g/mol. The largest absolute Gasteiger partial charge is 0.504 e. The smallest absolute Gasteiger partial charge is 0.220 e. The second-order valence-electron chi connectivity index (χ2n) is 4.40. The van der Waals surface area contributed by atoms with E-state index in [1.165, 1.54) is 12.1 Å². The fourth-order valence-electron chi connectivity index (χ4n) is 2.23. The van der Waals surface area contributed by atoms with Gasteiger partial charge >= 0.3 is 0 Å². The normalized spacial score (nSPS) is 10.5. The third-order valence-corrected chi connectivity index (χ3v) is 3.17. The number of rotatable bonds is 1. The average Bonchev–Trinajstić information content (AvgIpc) is 2.60. The lowest BCUT2D eigenvalue weighted by molar-refractivity contribution is 0.471. The molecule has 0 aliphatic carbocycles. The number of benzene rings is 2. The highest BCUT2D eigenvalue weighted by molar-refractivity contribution is 5.96. The molecular weight excluding hydrogens is 236 g/mol. The van der Waals surface area contributed by atoms with Crippen molar-refractivity contribution in [3.05, 3.63) is 77.0 Å². The van der Waals surface area contributed by atoms with Gasteiger partial charge in [-0.25, -0.2) is 0 Å². The van der Waals surface area contributed by atoms with Crippen molar-refractivity contribution in [2.75, 3.05) is 0 Å². The minimum absolute atomic E-state index is 0.230. The Balaban J connectivity index is 2.34. The van der Waals surface area contributed by atoms with E-state index in [1.54, 1.807) is 6.07 Å². The minimum atomic E-state index is -0.368. The fraction of sp³-hybridized carbons (Fsp3) is 0. The summed E-state index contributed by atoms with van der Waals surface area (Å²) in [7, 11) is 0. The van der Waals surface area contributed by atoms with Crippen LogP contribution in [0.25, 0.3) is 21.9 Å². The molecule has 3 rings (SSSR count). The molecule has 0 saturated heterocycles. The minimum Gasteiger partial charge on any atom is -0.504 e. The Labute approximate surface area is 110 Å². The van der Waals surface area contributed by atoms with Gasteiger partial charge in [-0.15, -0.1) is 0 Å². The molecular formula is C17H12O2. The topological polar surface area (TPSA) is 37.3 Å². The number of aromatic hydroxyl groups is 1. The maximum absolute atomic E-state index is 11.7. The molecule has 0 unspecified atom stereocenters. The zero-order valence-corrected chi connectivity index (χ0v) is 10.2. The van der Waals surface area contributed by atoms with Crippen LogP contribution in [0.1, 0.15) is 0 Å². The quantitative estimate of drug-likeness (QED) is 0.714. The first-order valence-electron chi connectivity index (χ1n) is 6.07. The van der Waals surface area contributed by atoms with Crippen LogP contribution in [0.15, 0.2) is 71.5 Å². The highest BCUT2D eigenvalue weighted by Gasteiger charge is 2.04. The Hall–Kier alpha value is -2.61. The summed E-state index contributed by atoms with van der Waals surface area (Å²) in [5.41, 5.74) is 1.43. The van der Waals surface area contributed by atoms with Gasteiger partial charge in [-0.05, 0) is 34.0 Å². The molecule has 2 nitrogen and oxygen atoms in total. The predicted molar refractivity (Wildman–Crippen MR) is 77.3 cm³/mol. The van der Waals surface area contributed by atoms with Gasteiger partial charge in [0, 0.05) is 0 Å². The van der Waals surface area contributed by atoms with E-state index in [1.807, 2.05) is 48.5 Å². The van der Waals surface area contributed by atoms with Crippen LogP contribution in [-0.2, 0) is 0 Å². The van der Waals surface area contributed by atoms with Gasteiger partial charge in [0.25, 0.3) is 0 Å².